The molecule has 0 amide bonds. The molecular formula is C11H14ClN5O. The highest BCUT2D eigenvalue weighted by molar-refractivity contribution is 6.32. The Kier molecular flexibility index (Phi) is 3.78. The van der Waals surface area contributed by atoms with Crippen LogP contribution in [0.3, 0.4) is 0 Å². The highest BCUT2D eigenvalue weighted by Gasteiger charge is 2.19. The number of tetrazole rings is 1. The number of hydrogen-bond donors (Lipinski definition) is 1. The Balaban J connectivity index is 2.40. The lowest BCUT2D eigenvalue weighted by Crippen LogP contribution is -2.18. The van der Waals surface area contributed by atoms with Crippen LogP contribution in [0.25, 0.3) is 0 Å². The third kappa shape index (κ3) is 2.30. The van der Waals surface area contributed by atoms with E-state index in [0.29, 0.717) is 23.1 Å². The molecule has 1 atom stereocenters. The number of aryl methyl sites for hydroxylation is 1. The Hall–Kier alpha value is -1.66. The van der Waals surface area contributed by atoms with Crippen molar-refractivity contribution < 1.29 is 4.74 Å². The average molecular weight is 268 g/mol. The van der Waals surface area contributed by atoms with Crippen LogP contribution in [0.4, 0.5) is 0 Å². The zero-order chi connectivity index (χ0) is 13.1. The van der Waals surface area contributed by atoms with Crippen molar-refractivity contribution in [2.75, 3.05) is 13.7 Å². The van der Waals surface area contributed by atoms with Gasteiger partial charge in [-0.3, -0.25) is 0 Å². The van der Waals surface area contributed by atoms with E-state index >= 15 is 0 Å². The largest absolute Gasteiger partial charge is 0.495 e. The number of nitrogens with zero attached hydrogens (tertiary/aromatic N) is 4. The molecule has 7 heteroatoms. The molecule has 6 nitrogen and oxygen atoms in total. The number of methoxy groups -OCH3 is 1. The van der Waals surface area contributed by atoms with E-state index < -0.39 is 0 Å². The van der Waals surface area contributed by atoms with Gasteiger partial charge in [-0.2, -0.15) is 0 Å². The van der Waals surface area contributed by atoms with Crippen LogP contribution in [0.5, 0.6) is 5.75 Å². The summed E-state index contributed by atoms with van der Waals surface area (Å²) in [6.07, 6.45) is 0. The zero-order valence-corrected chi connectivity index (χ0v) is 10.9. The second kappa shape index (κ2) is 5.32. The SMILES string of the molecule is COc1ccc(C(CN)c2nnnn2C)cc1Cl. The van der Waals surface area contributed by atoms with Crippen molar-refractivity contribution in [1.29, 1.82) is 0 Å². The molecule has 18 heavy (non-hydrogen) atoms. The maximum absolute atomic E-state index is 6.11. The van der Waals surface area contributed by atoms with E-state index in [1.54, 1.807) is 18.8 Å². The molecule has 0 spiro atoms. The number of halogens is 1. The summed E-state index contributed by atoms with van der Waals surface area (Å²) in [5.74, 6) is 1.25. The fraction of sp³-hybridized carbons (Fsp3) is 0.364. The van der Waals surface area contributed by atoms with Gasteiger partial charge in [-0.15, -0.1) is 5.10 Å². The summed E-state index contributed by atoms with van der Waals surface area (Å²) >= 11 is 6.11. The second-order valence-electron chi connectivity index (χ2n) is 3.84. The Labute approximate surface area is 110 Å². The van der Waals surface area contributed by atoms with Crippen LogP contribution < -0.4 is 10.5 Å². The molecule has 0 fully saturated rings. The number of benzene rings is 1. The Morgan fingerprint density at radius 3 is 2.78 bits per heavy atom. The Morgan fingerprint density at radius 2 is 2.28 bits per heavy atom. The molecule has 2 aromatic rings. The highest BCUT2D eigenvalue weighted by atomic mass is 35.5. The number of rotatable bonds is 4. The zero-order valence-electron chi connectivity index (χ0n) is 10.2. The van der Waals surface area contributed by atoms with Gasteiger partial charge in [0.1, 0.15) is 5.75 Å². The predicted molar refractivity (Wildman–Crippen MR) is 67.7 cm³/mol. The van der Waals surface area contributed by atoms with Gasteiger partial charge in [0.15, 0.2) is 5.82 Å². The molecule has 0 aliphatic heterocycles. The minimum absolute atomic E-state index is 0.0894. The van der Waals surface area contributed by atoms with Crippen LogP contribution in [0.2, 0.25) is 5.02 Å². The fourth-order valence-electron chi connectivity index (χ4n) is 1.82. The quantitative estimate of drug-likeness (QED) is 0.893. The molecule has 96 valence electrons. The van der Waals surface area contributed by atoms with Gasteiger partial charge in [-0.05, 0) is 28.1 Å². The van der Waals surface area contributed by atoms with E-state index in [0.717, 1.165) is 5.56 Å². The third-order valence-electron chi connectivity index (χ3n) is 2.78. The first-order chi connectivity index (χ1) is 8.67. The number of ether oxygens (including phenoxy) is 1. The first kappa shape index (κ1) is 12.8. The molecule has 0 bridgehead atoms. The summed E-state index contributed by atoms with van der Waals surface area (Å²) in [6, 6.07) is 5.55. The molecular weight excluding hydrogens is 254 g/mol. The van der Waals surface area contributed by atoms with Gasteiger partial charge in [-0.25, -0.2) is 4.68 Å². The second-order valence-corrected chi connectivity index (χ2v) is 4.25. The molecule has 1 aromatic heterocycles. The van der Waals surface area contributed by atoms with Crippen molar-refractivity contribution in [1.82, 2.24) is 20.2 Å². The first-order valence-electron chi connectivity index (χ1n) is 5.43. The minimum Gasteiger partial charge on any atom is -0.495 e. The van der Waals surface area contributed by atoms with E-state index in [1.807, 2.05) is 18.2 Å². The van der Waals surface area contributed by atoms with Crippen LogP contribution in [0, 0.1) is 0 Å². The summed E-state index contributed by atoms with van der Waals surface area (Å²) < 4.78 is 6.73. The van der Waals surface area contributed by atoms with Crippen LogP contribution >= 0.6 is 11.6 Å². The maximum Gasteiger partial charge on any atom is 0.159 e. The average Bonchev–Trinajstić information content (AvgIpc) is 2.77. The topological polar surface area (TPSA) is 78.8 Å². The van der Waals surface area contributed by atoms with Crippen LogP contribution in [0.15, 0.2) is 18.2 Å². The summed E-state index contributed by atoms with van der Waals surface area (Å²) in [5, 5.41) is 12.0. The van der Waals surface area contributed by atoms with Gasteiger partial charge in [0, 0.05) is 13.6 Å². The number of nitrogens with two attached hydrogens (primary N) is 1. The maximum atomic E-state index is 6.11. The van der Waals surface area contributed by atoms with Gasteiger partial charge >= 0.3 is 0 Å². The van der Waals surface area contributed by atoms with Gasteiger partial charge in [0.2, 0.25) is 0 Å². The fourth-order valence-corrected chi connectivity index (χ4v) is 2.09. The first-order valence-corrected chi connectivity index (χ1v) is 5.81. The lowest BCUT2D eigenvalue weighted by atomic mass is 9.98. The molecule has 0 aliphatic rings. The third-order valence-corrected chi connectivity index (χ3v) is 3.07. The van der Waals surface area contributed by atoms with E-state index in [2.05, 4.69) is 15.5 Å². The molecule has 1 aromatic carbocycles. The van der Waals surface area contributed by atoms with Crippen LogP contribution in [-0.2, 0) is 7.05 Å². The summed E-state index contributed by atoms with van der Waals surface area (Å²) in [5.41, 5.74) is 6.76. The van der Waals surface area contributed by atoms with Gasteiger partial charge < -0.3 is 10.5 Å². The Bertz CT molecular complexity index is 542. The molecule has 2 N–H and O–H groups in total. The monoisotopic (exact) mass is 267 g/mol. The van der Waals surface area contributed by atoms with Crippen molar-refractivity contribution in [3.8, 4) is 5.75 Å². The summed E-state index contributed by atoms with van der Waals surface area (Å²) in [6.45, 7) is 0.400. The van der Waals surface area contributed by atoms with Gasteiger partial charge in [-0.1, -0.05) is 17.7 Å². The lowest BCUT2D eigenvalue weighted by Gasteiger charge is -2.14. The number of hydrogen-bond acceptors (Lipinski definition) is 5. The molecule has 1 unspecified atom stereocenters. The van der Waals surface area contributed by atoms with Crippen LogP contribution in [-0.4, -0.2) is 33.9 Å². The standard InChI is InChI=1S/C11H14ClN5O/c1-17-11(14-15-16-17)8(6-13)7-3-4-10(18-2)9(12)5-7/h3-5,8H,6,13H2,1-2H3. The van der Waals surface area contributed by atoms with Gasteiger partial charge in [0.05, 0.1) is 18.1 Å². The normalized spacial score (nSPS) is 12.4. The molecule has 1 heterocycles. The van der Waals surface area contributed by atoms with Gasteiger partial charge in [0.25, 0.3) is 0 Å². The molecule has 0 aliphatic carbocycles. The molecule has 0 radical (unpaired) electrons. The Morgan fingerprint density at radius 1 is 1.50 bits per heavy atom. The molecule has 2 rings (SSSR count). The van der Waals surface area contributed by atoms with E-state index in [1.165, 1.54) is 0 Å². The predicted octanol–water partition coefficient (Wildman–Crippen LogP) is 0.963. The highest BCUT2D eigenvalue weighted by Crippen LogP contribution is 2.30. The van der Waals surface area contributed by atoms with Crippen molar-refractivity contribution in [2.45, 2.75) is 5.92 Å². The summed E-state index contributed by atoms with van der Waals surface area (Å²) in [4.78, 5) is 0. The number of aromatic nitrogens is 4. The van der Waals surface area contributed by atoms with Crippen molar-refractivity contribution in [3.63, 3.8) is 0 Å². The smallest absolute Gasteiger partial charge is 0.159 e. The molecule has 0 saturated carbocycles. The van der Waals surface area contributed by atoms with E-state index in [4.69, 9.17) is 22.1 Å². The van der Waals surface area contributed by atoms with E-state index in [-0.39, 0.29) is 5.92 Å². The van der Waals surface area contributed by atoms with E-state index in [9.17, 15) is 0 Å². The lowest BCUT2D eigenvalue weighted by molar-refractivity contribution is 0.415. The van der Waals surface area contributed by atoms with Crippen molar-refractivity contribution >= 4 is 11.6 Å². The van der Waals surface area contributed by atoms with Crippen molar-refractivity contribution in [2.24, 2.45) is 12.8 Å². The minimum atomic E-state index is -0.0894. The van der Waals surface area contributed by atoms with Crippen LogP contribution in [0.1, 0.15) is 17.3 Å². The summed E-state index contributed by atoms with van der Waals surface area (Å²) in [7, 11) is 3.36. The molecule has 0 saturated heterocycles. The van der Waals surface area contributed by atoms with Crippen molar-refractivity contribution in [3.05, 3.63) is 34.6 Å².